The van der Waals surface area contributed by atoms with Crippen LogP contribution in [0.2, 0.25) is 0 Å². The maximum absolute atomic E-state index is 14.5. The molecule has 1 aliphatic heterocycles. The Morgan fingerprint density at radius 3 is 2.66 bits per heavy atom. The molecule has 6 rings (SSSR count). The van der Waals surface area contributed by atoms with E-state index in [1.54, 1.807) is 17.2 Å². The Morgan fingerprint density at radius 1 is 1.11 bits per heavy atom. The third kappa shape index (κ3) is 3.18. The summed E-state index contributed by atoms with van der Waals surface area (Å²) in [5.41, 5.74) is 2.20. The molecular weight excluding hydrogens is 563 g/mol. The van der Waals surface area contributed by atoms with Crippen molar-refractivity contribution >= 4 is 0 Å². The fraction of sp³-hybridized carbons (Fsp3) is 0.360. The first kappa shape index (κ1) is 22.6. The number of benzene rings is 1. The van der Waals surface area contributed by atoms with Crippen molar-refractivity contribution in [1.82, 2.24) is 34.9 Å². The minimum absolute atomic E-state index is 0.131. The van der Waals surface area contributed by atoms with E-state index in [-0.39, 0.29) is 43.8 Å². The number of hydrogen-bond acceptors (Lipinski definition) is 6. The van der Waals surface area contributed by atoms with Crippen LogP contribution in [-0.4, -0.2) is 43.8 Å². The van der Waals surface area contributed by atoms with Gasteiger partial charge in [-0.2, -0.15) is 0 Å². The first-order valence-corrected chi connectivity index (χ1v) is 14.5. The number of halogens is 3. The minimum atomic E-state index is -0.638. The summed E-state index contributed by atoms with van der Waals surface area (Å²) in [5.74, 6) is 0.125. The molecule has 4 aromatic rings. The van der Waals surface area contributed by atoms with E-state index in [4.69, 9.17) is 4.98 Å². The molecule has 180 valence electrons. The van der Waals surface area contributed by atoms with Gasteiger partial charge in [0, 0.05) is 0 Å². The number of aryl methyl sites for hydroxylation is 1. The Hall–Kier alpha value is -2.89. The van der Waals surface area contributed by atoms with E-state index in [0.29, 0.717) is 5.95 Å². The molecule has 0 saturated carbocycles. The van der Waals surface area contributed by atoms with Gasteiger partial charge >= 0.3 is 212 Å². The van der Waals surface area contributed by atoms with Crippen molar-refractivity contribution < 1.29 is 30.0 Å². The van der Waals surface area contributed by atoms with Gasteiger partial charge in [-0.1, -0.05) is 0 Å². The number of hydrogen-bond donors (Lipinski definition) is 0. The first-order valence-electron chi connectivity index (χ1n) is 11.5. The van der Waals surface area contributed by atoms with Crippen LogP contribution in [0.5, 0.6) is 0 Å². The molecule has 2 atom stereocenters. The van der Waals surface area contributed by atoms with Crippen molar-refractivity contribution in [3.63, 3.8) is 0 Å². The van der Waals surface area contributed by atoms with Crippen LogP contribution in [0.1, 0.15) is 49.5 Å². The van der Waals surface area contributed by atoms with Gasteiger partial charge < -0.3 is 0 Å². The zero-order chi connectivity index (χ0) is 24.4. The molecule has 1 fully saturated rings. The Morgan fingerprint density at radius 2 is 1.91 bits per heavy atom. The van der Waals surface area contributed by atoms with Gasteiger partial charge in [-0.15, -0.1) is 0 Å². The molecule has 1 aromatic carbocycles. The van der Waals surface area contributed by atoms with Crippen LogP contribution in [0.4, 0.5) is 8.78 Å². The van der Waals surface area contributed by atoms with Crippen LogP contribution in [0.3, 0.4) is 0 Å². The van der Waals surface area contributed by atoms with Crippen LogP contribution in [0, 0.1) is 17.0 Å². The third-order valence-electron chi connectivity index (χ3n) is 7.49. The van der Waals surface area contributed by atoms with Crippen LogP contribution in [0.25, 0.3) is 17.2 Å². The van der Waals surface area contributed by atoms with Crippen molar-refractivity contribution in [2.75, 3.05) is 8.86 Å². The number of rotatable bonds is 4. The van der Waals surface area contributed by atoms with E-state index < -0.39 is 17.0 Å². The molecule has 0 radical (unpaired) electrons. The fourth-order valence-electron chi connectivity index (χ4n) is 5.45. The number of nitrogens with zero attached hydrogens (tertiary/aromatic N) is 7. The maximum atomic E-state index is 14.5. The normalized spacial score (nSPS) is 22.5. The van der Waals surface area contributed by atoms with Gasteiger partial charge in [0.1, 0.15) is 0 Å². The van der Waals surface area contributed by atoms with Crippen molar-refractivity contribution in [2.45, 2.75) is 38.5 Å². The zero-order valence-electron chi connectivity index (χ0n) is 19.5. The van der Waals surface area contributed by atoms with E-state index in [2.05, 4.69) is 39.1 Å². The molecule has 0 spiro atoms. The molecule has 2 bridgehead atoms. The molecule has 1 saturated heterocycles. The molecule has 4 heterocycles. The van der Waals surface area contributed by atoms with Gasteiger partial charge in [-0.25, -0.2) is 0 Å². The van der Waals surface area contributed by atoms with Gasteiger partial charge in [-0.3, -0.25) is 0 Å². The quantitative estimate of drug-likeness (QED) is 0.261. The monoisotopic (exact) mass is 586 g/mol. The van der Waals surface area contributed by atoms with E-state index >= 15 is 0 Å². The Balaban J connectivity index is 1.53. The second-order valence-corrected chi connectivity index (χ2v) is 12.2. The second-order valence-electron chi connectivity index (χ2n) is 9.49. The van der Waals surface area contributed by atoms with E-state index in [9.17, 15) is 8.78 Å². The average molecular weight is 586 g/mol. The van der Waals surface area contributed by atoms with Crippen molar-refractivity contribution in [2.24, 2.45) is 5.41 Å². The molecule has 0 amide bonds. The Kier molecular flexibility index (Phi) is 5.20. The Bertz CT molecular complexity index is 1430. The predicted octanol–water partition coefficient (Wildman–Crippen LogP) is 0.867. The summed E-state index contributed by atoms with van der Waals surface area (Å²) in [5, 5.41) is 13.5. The van der Waals surface area contributed by atoms with Gasteiger partial charge in [0.15, 0.2) is 0 Å². The summed E-state index contributed by atoms with van der Waals surface area (Å²) in [6.07, 6.45) is 4.12. The summed E-state index contributed by atoms with van der Waals surface area (Å²) in [6, 6.07) is 7.66. The van der Waals surface area contributed by atoms with Gasteiger partial charge in [0.2, 0.25) is 0 Å². The number of aromatic nitrogens is 7. The molecule has 10 heteroatoms. The van der Waals surface area contributed by atoms with Crippen LogP contribution >= 0.6 is 0 Å². The number of alkyl halides is 2. The summed E-state index contributed by atoms with van der Waals surface area (Å²) >= 11 is -0.139. The van der Waals surface area contributed by atoms with E-state index in [0.717, 1.165) is 38.1 Å². The topological polar surface area (TPSA) is 82.3 Å². The summed E-state index contributed by atoms with van der Waals surface area (Å²) in [6.45, 7) is 6.50. The predicted molar refractivity (Wildman–Crippen MR) is 121 cm³/mol. The second kappa shape index (κ2) is 8.07. The van der Waals surface area contributed by atoms with Crippen molar-refractivity contribution in [1.29, 1.82) is 0 Å². The summed E-state index contributed by atoms with van der Waals surface area (Å²) < 4.78 is 32.7. The Labute approximate surface area is 211 Å². The zero-order valence-corrected chi connectivity index (χ0v) is 21.7. The van der Waals surface area contributed by atoms with E-state index in [1.165, 1.54) is 18.2 Å². The van der Waals surface area contributed by atoms with Crippen molar-refractivity contribution in [3.05, 3.63) is 77.3 Å². The fourth-order valence-corrected chi connectivity index (χ4v) is 10.5. The standard InChI is InChI=1S/C25H23F2IN7/c1-4-20-30-13-35(34-20)23-29-9-8-19(31-23)25-12-28-11-15(24(25,2)3)14-10-18(32-33-22(14)25)21-16(26)6-5-7-17(21)27/h5-10,13,15H,4,11-12H2,1-3H3/q-1/t15-,25-/m0/s1. The molecule has 2 aliphatic rings. The third-order valence-corrected chi connectivity index (χ3v) is 10.7. The van der Waals surface area contributed by atoms with Gasteiger partial charge in [-0.05, 0) is 0 Å². The molecule has 3 aromatic heterocycles. The number of fused-ring (bicyclic) bond motifs is 5. The van der Waals surface area contributed by atoms with Crippen LogP contribution in [0.15, 0.2) is 42.9 Å². The van der Waals surface area contributed by atoms with Gasteiger partial charge in [0.05, 0.1) is 0 Å². The summed E-state index contributed by atoms with van der Waals surface area (Å²) in [7, 11) is 0. The summed E-state index contributed by atoms with van der Waals surface area (Å²) in [4.78, 5) is 13.7. The first-order chi connectivity index (χ1) is 16.9. The molecule has 35 heavy (non-hydrogen) atoms. The molecular formula is C25H23F2IN7-. The van der Waals surface area contributed by atoms with E-state index in [1.807, 2.05) is 19.1 Å². The molecule has 0 unspecified atom stereocenters. The van der Waals surface area contributed by atoms with Crippen LogP contribution < -0.4 is 21.2 Å². The van der Waals surface area contributed by atoms with Crippen molar-refractivity contribution in [3.8, 4) is 17.2 Å². The molecule has 0 N–H and O–H groups in total. The van der Waals surface area contributed by atoms with Crippen LogP contribution in [-0.2, 0) is 11.8 Å². The SMILES string of the molecule is CCc1ncn(-c2nccc([C@@]34C[I-]C[C@@H](c5cc(-c6c(F)cccc6F)nnc53)C4(C)C)n2)n1. The molecule has 7 nitrogen and oxygen atoms in total. The van der Waals surface area contributed by atoms with Gasteiger partial charge in [0.25, 0.3) is 0 Å². The molecule has 1 aliphatic carbocycles. The average Bonchev–Trinajstić information content (AvgIpc) is 3.33.